The van der Waals surface area contributed by atoms with E-state index in [2.05, 4.69) is 24.1 Å². The molecule has 0 radical (unpaired) electrons. The third kappa shape index (κ3) is 6.46. The van der Waals surface area contributed by atoms with Gasteiger partial charge in [-0.15, -0.1) is 0 Å². The van der Waals surface area contributed by atoms with E-state index in [-0.39, 0.29) is 0 Å². The molecular weight excluding hydrogens is 200 g/mol. The molecule has 1 fully saturated rings. The quantitative estimate of drug-likeness (QED) is 0.546. The fourth-order valence-corrected chi connectivity index (χ4v) is 1.88. The zero-order valence-corrected chi connectivity index (χ0v) is 11.0. The molecule has 0 atom stereocenters. The predicted octanol–water partition coefficient (Wildman–Crippen LogP) is 1.88. The first-order chi connectivity index (χ1) is 7.88. The SMILES string of the molecule is CCCCOCCNCCN(CC)C1CC1. The monoisotopic (exact) mass is 228 g/mol. The van der Waals surface area contributed by atoms with E-state index in [1.807, 2.05) is 0 Å². The zero-order chi connectivity index (χ0) is 11.6. The lowest BCUT2D eigenvalue weighted by Crippen LogP contribution is -2.34. The zero-order valence-electron chi connectivity index (χ0n) is 11.0. The maximum Gasteiger partial charge on any atom is 0.0590 e. The smallest absolute Gasteiger partial charge is 0.0590 e. The molecule has 1 saturated carbocycles. The predicted molar refractivity (Wildman–Crippen MR) is 68.9 cm³/mol. The topological polar surface area (TPSA) is 24.5 Å². The normalized spacial score (nSPS) is 15.9. The molecule has 16 heavy (non-hydrogen) atoms. The third-order valence-corrected chi connectivity index (χ3v) is 3.11. The Hall–Kier alpha value is -0.120. The number of rotatable bonds is 11. The Labute approximate surface area is 101 Å². The van der Waals surface area contributed by atoms with Crippen molar-refractivity contribution < 1.29 is 4.74 Å². The van der Waals surface area contributed by atoms with Gasteiger partial charge in [0.05, 0.1) is 6.61 Å². The van der Waals surface area contributed by atoms with E-state index >= 15 is 0 Å². The average molecular weight is 228 g/mol. The highest BCUT2D eigenvalue weighted by Crippen LogP contribution is 2.25. The Bertz CT molecular complexity index is 160. The summed E-state index contributed by atoms with van der Waals surface area (Å²) in [6.07, 6.45) is 5.23. The second-order valence-electron chi connectivity index (χ2n) is 4.58. The van der Waals surface area contributed by atoms with Gasteiger partial charge in [-0.25, -0.2) is 0 Å². The summed E-state index contributed by atoms with van der Waals surface area (Å²) in [5, 5.41) is 3.44. The first kappa shape index (κ1) is 13.9. The molecule has 0 heterocycles. The van der Waals surface area contributed by atoms with Gasteiger partial charge in [-0.1, -0.05) is 20.3 Å². The molecule has 1 aliphatic carbocycles. The highest BCUT2D eigenvalue weighted by Gasteiger charge is 2.26. The largest absolute Gasteiger partial charge is 0.380 e. The van der Waals surface area contributed by atoms with Crippen LogP contribution in [-0.4, -0.2) is 50.3 Å². The number of ether oxygens (including phenoxy) is 1. The van der Waals surface area contributed by atoms with Crippen molar-refractivity contribution in [3.8, 4) is 0 Å². The van der Waals surface area contributed by atoms with E-state index in [1.165, 1.54) is 38.8 Å². The Balaban J connectivity index is 1.80. The maximum absolute atomic E-state index is 5.49. The minimum absolute atomic E-state index is 0.857. The molecule has 3 heteroatoms. The van der Waals surface area contributed by atoms with Gasteiger partial charge in [0.2, 0.25) is 0 Å². The molecule has 0 saturated heterocycles. The summed E-state index contributed by atoms with van der Waals surface area (Å²) in [6, 6.07) is 0.896. The lowest BCUT2D eigenvalue weighted by atomic mass is 10.4. The van der Waals surface area contributed by atoms with Gasteiger partial charge in [0.15, 0.2) is 0 Å². The van der Waals surface area contributed by atoms with Crippen LogP contribution in [0, 0.1) is 0 Å². The molecule has 0 aromatic rings. The van der Waals surface area contributed by atoms with Crippen LogP contribution in [0.1, 0.15) is 39.5 Å². The minimum Gasteiger partial charge on any atom is -0.380 e. The molecule has 3 nitrogen and oxygen atoms in total. The number of nitrogens with one attached hydrogen (secondary N) is 1. The number of hydrogen-bond donors (Lipinski definition) is 1. The van der Waals surface area contributed by atoms with Gasteiger partial charge in [0.25, 0.3) is 0 Å². The van der Waals surface area contributed by atoms with Crippen molar-refractivity contribution in [2.75, 3.05) is 39.4 Å². The molecule has 0 spiro atoms. The first-order valence-corrected chi connectivity index (χ1v) is 6.91. The molecule has 0 aromatic carbocycles. The Morgan fingerprint density at radius 2 is 2.00 bits per heavy atom. The van der Waals surface area contributed by atoms with E-state index < -0.39 is 0 Å². The number of hydrogen-bond acceptors (Lipinski definition) is 3. The Morgan fingerprint density at radius 3 is 2.62 bits per heavy atom. The highest BCUT2D eigenvalue weighted by atomic mass is 16.5. The third-order valence-electron chi connectivity index (χ3n) is 3.11. The van der Waals surface area contributed by atoms with Crippen LogP contribution < -0.4 is 5.32 Å². The van der Waals surface area contributed by atoms with E-state index in [4.69, 9.17) is 4.74 Å². The summed E-state index contributed by atoms with van der Waals surface area (Å²) in [5.41, 5.74) is 0. The van der Waals surface area contributed by atoms with Crippen LogP contribution in [0.5, 0.6) is 0 Å². The van der Waals surface area contributed by atoms with E-state index in [0.29, 0.717) is 0 Å². The Morgan fingerprint density at radius 1 is 1.19 bits per heavy atom. The molecule has 0 amide bonds. The van der Waals surface area contributed by atoms with Crippen molar-refractivity contribution in [3.63, 3.8) is 0 Å². The van der Waals surface area contributed by atoms with Gasteiger partial charge < -0.3 is 10.1 Å². The molecular formula is C13H28N2O. The summed E-state index contributed by atoms with van der Waals surface area (Å²) in [5.74, 6) is 0. The van der Waals surface area contributed by atoms with Gasteiger partial charge in [-0.2, -0.15) is 0 Å². The molecule has 0 aromatic heterocycles. The van der Waals surface area contributed by atoms with Crippen LogP contribution in [-0.2, 0) is 4.74 Å². The summed E-state index contributed by atoms with van der Waals surface area (Å²) < 4.78 is 5.49. The standard InChI is InChI=1S/C13H28N2O/c1-3-5-11-16-12-9-14-8-10-15(4-2)13-6-7-13/h13-14H,3-12H2,1-2H3. The van der Waals surface area contributed by atoms with E-state index in [1.54, 1.807) is 0 Å². The van der Waals surface area contributed by atoms with E-state index in [0.717, 1.165) is 32.3 Å². The van der Waals surface area contributed by atoms with Crippen LogP contribution >= 0.6 is 0 Å². The van der Waals surface area contributed by atoms with E-state index in [9.17, 15) is 0 Å². The molecule has 0 aliphatic heterocycles. The fourth-order valence-electron chi connectivity index (χ4n) is 1.88. The first-order valence-electron chi connectivity index (χ1n) is 6.91. The summed E-state index contributed by atoms with van der Waals surface area (Å²) >= 11 is 0. The van der Waals surface area contributed by atoms with Gasteiger partial charge in [-0.05, 0) is 25.8 Å². The highest BCUT2D eigenvalue weighted by molar-refractivity contribution is 4.83. The van der Waals surface area contributed by atoms with Gasteiger partial charge in [-0.3, -0.25) is 4.90 Å². The molecule has 96 valence electrons. The Kier molecular flexibility index (Phi) is 7.81. The van der Waals surface area contributed by atoms with Crippen LogP contribution in [0.3, 0.4) is 0 Å². The van der Waals surface area contributed by atoms with Crippen LogP contribution in [0.15, 0.2) is 0 Å². The fraction of sp³-hybridized carbons (Fsp3) is 1.00. The number of nitrogens with zero attached hydrogens (tertiary/aromatic N) is 1. The molecule has 1 N–H and O–H groups in total. The van der Waals surface area contributed by atoms with Gasteiger partial charge in [0, 0.05) is 32.3 Å². The summed E-state index contributed by atoms with van der Waals surface area (Å²) in [7, 11) is 0. The van der Waals surface area contributed by atoms with Gasteiger partial charge >= 0.3 is 0 Å². The van der Waals surface area contributed by atoms with Gasteiger partial charge in [0.1, 0.15) is 0 Å². The average Bonchev–Trinajstić information content (AvgIpc) is 3.11. The van der Waals surface area contributed by atoms with Crippen molar-refractivity contribution in [1.82, 2.24) is 10.2 Å². The number of likely N-dealkylation sites (N-methyl/N-ethyl adjacent to an activating group) is 1. The number of unbranched alkanes of at least 4 members (excludes halogenated alkanes) is 1. The summed E-state index contributed by atoms with van der Waals surface area (Å²) in [4.78, 5) is 2.57. The molecule has 0 bridgehead atoms. The summed E-state index contributed by atoms with van der Waals surface area (Å²) in [6.45, 7) is 10.7. The van der Waals surface area contributed by atoms with Crippen LogP contribution in [0.4, 0.5) is 0 Å². The molecule has 0 unspecified atom stereocenters. The molecule has 1 aliphatic rings. The van der Waals surface area contributed by atoms with Crippen molar-refractivity contribution in [3.05, 3.63) is 0 Å². The lowest BCUT2D eigenvalue weighted by molar-refractivity contribution is 0.132. The molecule has 1 rings (SSSR count). The second kappa shape index (κ2) is 8.97. The minimum atomic E-state index is 0.857. The van der Waals surface area contributed by atoms with Crippen LogP contribution in [0.25, 0.3) is 0 Å². The second-order valence-corrected chi connectivity index (χ2v) is 4.58. The van der Waals surface area contributed by atoms with Crippen LogP contribution in [0.2, 0.25) is 0 Å². The lowest BCUT2D eigenvalue weighted by Gasteiger charge is -2.19. The van der Waals surface area contributed by atoms with Crippen molar-refractivity contribution >= 4 is 0 Å². The van der Waals surface area contributed by atoms with Crippen molar-refractivity contribution in [2.24, 2.45) is 0 Å². The maximum atomic E-state index is 5.49. The van der Waals surface area contributed by atoms with Crippen molar-refractivity contribution in [2.45, 2.75) is 45.6 Å². The van der Waals surface area contributed by atoms with Crippen molar-refractivity contribution in [1.29, 1.82) is 0 Å².